The lowest BCUT2D eigenvalue weighted by molar-refractivity contribution is 0.0743. The van der Waals surface area contributed by atoms with Gasteiger partial charge in [-0.3, -0.25) is 4.79 Å². The van der Waals surface area contributed by atoms with Crippen LogP contribution in [0.5, 0.6) is 0 Å². The highest BCUT2D eigenvalue weighted by Crippen LogP contribution is 2.23. The molecule has 5 heteroatoms. The molecule has 0 saturated carbocycles. The van der Waals surface area contributed by atoms with E-state index < -0.39 is 0 Å². The Kier molecular flexibility index (Phi) is 4.31. The first-order valence-corrected chi connectivity index (χ1v) is 8.70. The molecule has 0 aliphatic heterocycles. The van der Waals surface area contributed by atoms with Gasteiger partial charge in [0, 0.05) is 13.1 Å². The number of fused-ring (bicyclic) bond motifs is 1. The van der Waals surface area contributed by atoms with Gasteiger partial charge in [0.25, 0.3) is 5.91 Å². The largest absolute Gasteiger partial charge is 0.332 e. The van der Waals surface area contributed by atoms with E-state index in [1.165, 1.54) is 16.9 Å². The molecule has 0 fully saturated rings. The number of para-hydroxylation sites is 1. The molecule has 3 rings (SSSR count). The van der Waals surface area contributed by atoms with Gasteiger partial charge in [-0.2, -0.15) is 11.3 Å². The Morgan fingerprint density at radius 3 is 2.86 bits per heavy atom. The van der Waals surface area contributed by atoms with E-state index in [-0.39, 0.29) is 5.91 Å². The molecule has 0 spiro atoms. The molecule has 0 unspecified atom stereocenters. The quantitative estimate of drug-likeness (QED) is 0.698. The van der Waals surface area contributed by atoms with Crippen LogP contribution >= 0.6 is 22.7 Å². The Hall–Kier alpha value is -1.72. The van der Waals surface area contributed by atoms with Crippen LogP contribution in [-0.4, -0.2) is 22.3 Å². The first kappa shape index (κ1) is 14.2. The number of amides is 1. The fourth-order valence-corrected chi connectivity index (χ4v) is 3.82. The first-order chi connectivity index (χ1) is 10.3. The van der Waals surface area contributed by atoms with Gasteiger partial charge < -0.3 is 4.90 Å². The molecule has 3 aromatic rings. The van der Waals surface area contributed by atoms with Crippen LogP contribution in [0.25, 0.3) is 10.2 Å². The number of hydrogen-bond acceptors (Lipinski definition) is 4. The number of carbonyl (C=O) groups is 1. The van der Waals surface area contributed by atoms with E-state index in [9.17, 15) is 4.79 Å². The van der Waals surface area contributed by atoms with Gasteiger partial charge in [-0.25, -0.2) is 4.98 Å². The number of aromatic nitrogens is 1. The summed E-state index contributed by atoms with van der Waals surface area (Å²) < 4.78 is 1.06. The summed E-state index contributed by atoms with van der Waals surface area (Å²) in [5.41, 5.74) is 2.08. The van der Waals surface area contributed by atoms with Crippen molar-refractivity contribution in [1.29, 1.82) is 0 Å². The molecule has 0 bridgehead atoms. The lowest BCUT2D eigenvalue weighted by atomic mass is 10.3. The second-order valence-corrected chi connectivity index (χ2v) is 6.66. The Balaban J connectivity index is 1.85. The van der Waals surface area contributed by atoms with E-state index >= 15 is 0 Å². The third-order valence-electron chi connectivity index (χ3n) is 3.21. The number of thiazole rings is 1. The van der Waals surface area contributed by atoms with Crippen molar-refractivity contribution in [2.24, 2.45) is 0 Å². The third kappa shape index (κ3) is 3.14. The predicted molar refractivity (Wildman–Crippen MR) is 89.0 cm³/mol. The zero-order valence-corrected chi connectivity index (χ0v) is 13.4. The van der Waals surface area contributed by atoms with Gasteiger partial charge in [0.05, 0.1) is 10.2 Å². The number of rotatable bonds is 5. The average Bonchev–Trinajstić information content (AvgIpc) is 3.14. The zero-order chi connectivity index (χ0) is 14.7. The molecule has 21 heavy (non-hydrogen) atoms. The summed E-state index contributed by atoms with van der Waals surface area (Å²) in [5, 5.41) is 4.72. The van der Waals surface area contributed by atoms with Gasteiger partial charge in [0.2, 0.25) is 0 Å². The summed E-state index contributed by atoms with van der Waals surface area (Å²) in [7, 11) is 0. The lowest BCUT2D eigenvalue weighted by Crippen LogP contribution is -2.31. The van der Waals surface area contributed by atoms with Crippen LogP contribution in [0.1, 0.15) is 28.7 Å². The van der Waals surface area contributed by atoms with Crippen molar-refractivity contribution >= 4 is 38.8 Å². The number of hydrogen-bond donors (Lipinski definition) is 0. The summed E-state index contributed by atoms with van der Waals surface area (Å²) in [6.07, 6.45) is 0.945. The van der Waals surface area contributed by atoms with Crippen LogP contribution < -0.4 is 0 Å². The standard InChI is InChI=1S/C16H16N2OS2/c1-2-8-18(10-12-7-9-20-11-12)16(19)15-17-13-5-3-4-6-14(13)21-15/h3-7,9,11H,2,8,10H2,1H3. The van der Waals surface area contributed by atoms with Crippen molar-refractivity contribution in [3.05, 3.63) is 51.7 Å². The molecule has 0 atom stereocenters. The SMILES string of the molecule is CCCN(Cc1ccsc1)C(=O)c1nc2ccccc2s1. The van der Waals surface area contributed by atoms with Crippen LogP contribution in [0.2, 0.25) is 0 Å². The summed E-state index contributed by atoms with van der Waals surface area (Å²) in [5.74, 6) is 0.0317. The van der Waals surface area contributed by atoms with Crippen LogP contribution in [0, 0.1) is 0 Å². The Morgan fingerprint density at radius 2 is 2.14 bits per heavy atom. The molecule has 3 nitrogen and oxygen atoms in total. The molecule has 0 saturated heterocycles. The molecule has 108 valence electrons. The van der Waals surface area contributed by atoms with Crippen molar-refractivity contribution in [1.82, 2.24) is 9.88 Å². The van der Waals surface area contributed by atoms with Crippen molar-refractivity contribution in [2.45, 2.75) is 19.9 Å². The van der Waals surface area contributed by atoms with E-state index in [1.807, 2.05) is 34.5 Å². The average molecular weight is 316 g/mol. The molecule has 1 aromatic carbocycles. The van der Waals surface area contributed by atoms with Crippen LogP contribution in [0.3, 0.4) is 0 Å². The monoisotopic (exact) mass is 316 g/mol. The highest BCUT2D eigenvalue weighted by atomic mass is 32.1. The molecule has 2 aromatic heterocycles. The first-order valence-electron chi connectivity index (χ1n) is 6.94. The normalized spacial score (nSPS) is 10.9. The molecular formula is C16H16N2OS2. The smallest absolute Gasteiger partial charge is 0.283 e. The van der Waals surface area contributed by atoms with E-state index in [0.29, 0.717) is 11.6 Å². The van der Waals surface area contributed by atoms with Gasteiger partial charge in [-0.1, -0.05) is 19.1 Å². The maximum atomic E-state index is 12.7. The molecule has 0 N–H and O–H groups in total. The fraction of sp³-hybridized carbons (Fsp3) is 0.250. The Morgan fingerprint density at radius 1 is 1.29 bits per heavy atom. The second kappa shape index (κ2) is 6.37. The molecule has 0 aliphatic carbocycles. The van der Waals surface area contributed by atoms with Gasteiger partial charge >= 0.3 is 0 Å². The maximum Gasteiger partial charge on any atom is 0.283 e. The highest BCUT2D eigenvalue weighted by Gasteiger charge is 2.19. The summed E-state index contributed by atoms with van der Waals surface area (Å²) in [4.78, 5) is 19.1. The van der Waals surface area contributed by atoms with Crippen LogP contribution in [-0.2, 0) is 6.54 Å². The number of benzene rings is 1. The predicted octanol–water partition coefficient (Wildman–Crippen LogP) is 4.41. The molecule has 2 heterocycles. The van der Waals surface area contributed by atoms with E-state index in [2.05, 4.69) is 23.4 Å². The highest BCUT2D eigenvalue weighted by molar-refractivity contribution is 7.20. The second-order valence-electron chi connectivity index (χ2n) is 4.85. The van der Waals surface area contributed by atoms with Crippen LogP contribution in [0.15, 0.2) is 41.1 Å². The third-order valence-corrected chi connectivity index (χ3v) is 4.97. The van der Waals surface area contributed by atoms with Gasteiger partial charge in [0.15, 0.2) is 5.01 Å². The minimum atomic E-state index is 0.0317. The van der Waals surface area contributed by atoms with E-state index in [1.54, 1.807) is 11.3 Å². The van der Waals surface area contributed by atoms with Crippen LogP contribution in [0.4, 0.5) is 0 Å². The number of nitrogens with zero attached hydrogens (tertiary/aromatic N) is 2. The minimum absolute atomic E-state index is 0.0317. The number of carbonyl (C=O) groups excluding carboxylic acids is 1. The molecule has 0 aliphatic rings. The van der Waals surface area contributed by atoms with Gasteiger partial charge in [0.1, 0.15) is 0 Å². The van der Waals surface area contributed by atoms with Crippen molar-refractivity contribution in [3.8, 4) is 0 Å². The molecule has 1 amide bonds. The molecular weight excluding hydrogens is 300 g/mol. The number of thiophene rings is 1. The Labute approximate surface area is 131 Å². The zero-order valence-electron chi connectivity index (χ0n) is 11.8. The summed E-state index contributed by atoms with van der Waals surface area (Å²) in [6, 6.07) is 9.95. The summed E-state index contributed by atoms with van der Waals surface area (Å²) >= 11 is 3.13. The minimum Gasteiger partial charge on any atom is -0.332 e. The van der Waals surface area contributed by atoms with Gasteiger partial charge in [-0.15, -0.1) is 11.3 Å². The molecule has 0 radical (unpaired) electrons. The topological polar surface area (TPSA) is 33.2 Å². The fourth-order valence-electron chi connectivity index (χ4n) is 2.22. The maximum absolute atomic E-state index is 12.7. The van der Waals surface area contributed by atoms with Crippen molar-refractivity contribution in [2.75, 3.05) is 6.54 Å². The lowest BCUT2D eigenvalue weighted by Gasteiger charge is -2.20. The van der Waals surface area contributed by atoms with E-state index in [4.69, 9.17) is 0 Å². The van der Waals surface area contributed by atoms with Crippen molar-refractivity contribution in [3.63, 3.8) is 0 Å². The van der Waals surface area contributed by atoms with Crippen molar-refractivity contribution < 1.29 is 4.79 Å². The summed E-state index contributed by atoms with van der Waals surface area (Å²) in [6.45, 7) is 3.50. The Bertz CT molecular complexity index is 701. The van der Waals surface area contributed by atoms with Gasteiger partial charge in [-0.05, 0) is 40.9 Å². The van der Waals surface area contributed by atoms with E-state index in [0.717, 1.165) is 23.2 Å².